The van der Waals surface area contributed by atoms with E-state index in [1.54, 1.807) is 6.07 Å². The summed E-state index contributed by atoms with van der Waals surface area (Å²) in [6.45, 7) is 1.42. The Bertz CT molecular complexity index is 514. The van der Waals surface area contributed by atoms with Crippen LogP contribution in [0.5, 0.6) is 0 Å². The number of amides is 2. The number of likely N-dealkylation sites (tertiary alicyclic amines) is 1. The van der Waals surface area contributed by atoms with Crippen LogP contribution in [-0.4, -0.2) is 35.8 Å². The second-order valence-electron chi connectivity index (χ2n) is 5.22. The molecule has 2 atom stereocenters. The van der Waals surface area contributed by atoms with E-state index in [1.165, 1.54) is 11.3 Å². The van der Waals surface area contributed by atoms with Crippen molar-refractivity contribution >= 4 is 28.8 Å². The molecule has 0 aromatic carbocycles. The van der Waals surface area contributed by atoms with Gasteiger partial charge in [-0.05, 0) is 30.2 Å². The maximum Gasteiger partial charge on any atom is 0.266 e. The molecule has 2 saturated heterocycles. The van der Waals surface area contributed by atoms with Gasteiger partial charge in [0, 0.05) is 25.6 Å². The fourth-order valence-corrected chi connectivity index (χ4v) is 3.72. The number of hydrogen-bond acceptors (Lipinski definition) is 4. The van der Waals surface area contributed by atoms with Gasteiger partial charge in [0.2, 0.25) is 5.91 Å². The molecule has 1 aromatic heterocycles. The number of nitrogens with two attached hydrogens (primary N) is 1. The SMILES string of the molecule is Nc1ccsc1C(=O)N1CCC2NC(=O)CCC2C1. The molecule has 0 radical (unpaired) electrons. The van der Waals surface area contributed by atoms with Gasteiger partial charge in [-0.1, -0.05) is 0 Å². The number of nitrogens with one attached hydrogen (secondary N) is 1. The maximum absolute atomic E-state index is 12.4. The lowest BCUT2D eigenvalue weighted by atomic mass is 9.85. The van der Waals surface area contributed by atoms with E-state index < -0.39 is 0 Å². The monoisotopic (exact) mass is 279 g/mol. The summed E-state index contributed by atoms with van der Waals surface area (Å²) in [5.41, 5.74) is 6.37. The standard InChI is InChI=1S/C13H17N3O2S/c14-9-4-6-19-12(9)13(18)16-5-3-10-8(7-16)1-2-11(17)15-10/h4,6,8,10H,1-3,5,7,14H2,(H,15,17). The van der Waals surface area contributed by atoms with Gasteiger partial charge >= 0.3 is 0 Å². The summed E-state index contributed by atoms with van der Waals surface area (Å²) in [5, 5.41) is 4.87. The zero-order chi connectivity index (χ0) is 13.4. The highest BCUT2D eigenvalue weighted by Crippen LogP contribution is 2.28. The largest absolute Gasteiger partial charge is 0.397 e. The molecular formula is C13H17N3O2S. The van der Waals surface area contributed by atoms with Crippen LogP contribution < -0.4 is 11.1 Å². The number of nitrogen functional groups attached to an aromatic ring is 1. The third-order valence-electron chi connectivity index (χ3n) is 4.00. The number of rotatable bonds is 1. The molecule has 6 heteroatoms. The van der Waals surface area contributed by atoms with Crippen LogP contribution in [0.4, 0.5) is 5.69 Å². The van der Waals surface area contributed by atoms with Crippen LogP contribution in [0.15, 0.2) is 11.4 Å². The molecule has 102 valence electrons. The van der Waals surface area contributed by atoms with E-state index in [2.05, 4.69) is 5.32 Å². The van der Waals surface area contributed by atoms with Gasteiger partial charge in [-0.15, -0.1) is 11.3 Å². The van der Waals surface area contributed by atoms with E-state index in [0.717, 1.165) is 19.4 Å². The first-order valence-electron chi connectivity index (χ1n) is 6.57. The normalized spacial score (nSPS) is 26.7. The Kier molecular flexibility index (Phi) is 3.18. The molecular weight excluding hydrogens is 262 g/mol. The van der Waals surface area contributed by atoms with Crippen molar-refractivity contribution in [2.45, 2.75) is 25.3 Å². The smallest absolute Gasteiger partial charge is 0.266 e. The number of hydrogen-bond donors (Lipinski definition) is 2. The predicted molar refractivity (Wildman–Crippen MR) is 73.9 cm³/mol. The first-order valence-corrected chi connectivity index (χ1v) is 7.44. The van der Waals surface area contributed by atoms with E-state index in [9.17, 15) is 9.59 Å². The minimum absolute atomic E-state index is 0.0304. The summed E-state index contributed by atoms with van der Waals surface area (Å²) in [5.74, 6) is 0.558. The third-order valence-corrected chi connectivity index (χ3v) is 4.92. The molecule has 0 bridgehead atoms. The summed E-state index contributed by atoms with van der Waals surface area (Å²) in [6, 6.07) is 2.01. The fourth-order valence-electron chi connectivity index (χ4n) is 2.93. The van der Waals surface area contributed by atoms with Crippen LogP contribution in [0.3, 0.4) is 0 Å². The molecule has 2 aliphatic rings. The molecule has 0 aliphatic carbocycles. The number of piperidine rings is 2. The van der Waals surface area contributed by atoms with Crippen molar-refractivity contribution in [2.24, 2.45) is 5.92 Å². The zero-order valence-corrected chi connectivity index (χ0v) is 11.4. The van der Waals surface area contributed by atoms with E-state index in [-0.39, 0.29) is 17.9 Å². The van der Waals surface area contributed by atoms with Crippen LogP contribution >= 0.6 is 11.3 Å². The first kappa shape index (κ1) is 12.5. The molecule has 19 heavy (non-hydrogen) atoms. The van der Waals surface area contributed by atoms with Gasteiger partial charge in [-0.2, -0.15) is 0 Å². The number of nitrogens with zero attached hydrogens (tertiary/aromatic N) is 1. The molecule has 1 aromatic rings. The van der Waals surface area contributed by atoms with E-state index in [1.807, 2.05) is 10.3 Å². The van der Waals surface area contributed by atoms with Crippen LogP contribution in [0.2, 0.25) is 0 Å². The Morgan fingerprint density at radius 2 is 2.32 bits per heavy atom. The van der Waals surface area contributed by atoms with Gasteiger partial charge in [-0.3, -0.25) is 9.59 Å². The summed E-state index contributed by atoms with van der Waals surface area (Å²) < 4.78 is 0. The number of anilines is 1. The molecule has 5 nitrogen and oxygen atoms in total. The fraction of sp³-hybridized carbons (Fsp3) is 0.538. The predicted octanol–water partition coefficient (Wildman–Crippen LogP) is 1.07. The van der Waals surface area contributed by atoms with Gasteiger partial charge in [-0.25, -0.2) is 0 Å². The van der Waals surface area contributed by atoms with Crippen molar-refractivity contribution in [3.63, 3.8) is 0 Å². The van der Waals surface area contributed by atoms with Gasteiger partial charge in [0.15, 0.2) is 0 Å². The highest BCUT2D eigenvalue weighted by atomic mass is 32.1. The third kappa shape index (κ3) is 2.32. The van der Waals surface area contributed by atoms with Gasteiger partial charge < -0.3 is 16.0 Å². The van der Waals surface area contributed by atoms with Crippen molar-refractivity contribution in [2.75, 3.05) is 18.8 Å². The summed E-state index contributed by atoms with van der Waals surface area (Å²) >= 11 is 1.40. The van der Waals surface area contributed by atoms with E-state index in [0.29, 0.717) is 29.4 Å². The first-order chi connectivity index (χ1) is 9.15. The van der Waals surface area contributed by atoms with Crippen molar-refractivity contribution < 1.29 is 9.59 Å². The zero-order valence-electron chi connectivity index (χ0n) is 10.6. The Morgan fingerprint density at radius 1 is 1.47 bits per heavy atom. The molecule has 0 saturated carbocycles. The molecule has 2 fully saturated rings. The Balaban J connectivity index is 1.70. The highest BCUT2D eigenvalue weighted by Gasteiger charge is 2.35. The minimum atomic E-state index is 0.0304. The molecule has 0 spiro atoms. The summed E-state index contributed by atoms with van der Waals surface area (Å²) in [7, 11) is 0. The van der Waals surface area contributed by atoms with Gasteiger partial charge in [0.1, 0.15) is 4.88 Å². The van der Waals surface area contributed by atoms with E-state index >= 15 is 0 Å². The Labute approximate surface area is 115 Å². The molecule has 2 aliphatic heterocycles. The average molecular weight is 279 g/mol. The van der Waals surface area contributed by atoms with Crippen molar-refractivity contribution in [3.8, 4) is 0 Å². The molecule has 3 rings (SSSR count). The van der Waals surface area contributed by atoms with Crippen molar-refractivity contribution in [1.29, 1.82) is 0 Å². The number of carbonyl (C=O) groups excluding carboxylic acids is 2. The summed E-state index contributed by atoms with van der Waals surface area (Å²) in [4.78, 5) is 26.3. The number of fused-ring (bicyclic) bond motifs is 1. The lowest BCUT2D eigenvalue weighted by Crippen LogP contribution is -2.55. The van der Waals surface area contributed by atoms with Crippen LogP contribution in [0.1, 0.15) is 28.9 Å². The Hall–Kier alpha value is -1.56. The highest BCUT2D eigenvalue weighted by molar-refractivity contribution is 7.12. The molecule has 2 amide bonds. The second-order valence-corrected chi connectivity index (χ2v) is 6.13. The second kappa shape index (κ2) is 4.85. The van der Waals surface area contributed by atoms with Crippen LogP contribution in [-0.2, 0) is 4.79 Å². The van der Waals surface area contributed by atoms with Crippen LogP contribution in [0.25, 0.3) is 0 Å². The minimum Gasteiger partial charge on any atom is -0.397 e. The van der Waals surface area contributed by atoms with E-state index in [4.69, 9.17) is 5.73 Å². The molecule has 3 N–H and O–H groups in total. The van der Waals surface area contributed by atoms with Gasteiger partial charge in [0.05, 0.1) is 5.69 Å². The Morgan fingerprint density at radius 3 is 3.05 bits per heavy atom. The quantitative estimate of drug-likeness (QED) is 0.807. The lowest BCUT2D eigenvalue weighted by Gasteiger charge is -2.41. The maximum atomic E-state index is 12.4. The van der Waals surface area contributed by atoms with Crippen molar-refractivity contribution in [1.82, 2.24) is 10.2 Å². The number of carbonyl (C=O) groups is 2. The topological polar surface area (TPSA) is 75.4 Å². The van der Waals surface area contributed by atoms with Gasteiger partial charge in [0.25, 0.3) is 5.91 Å². The summed E-state index contributed by atoms with van der Waals surface area (Å²) in [6.07, 6.45) is 2.29. The van der Waals surface area contributed by atoms with Crippen molar-refractivity contribution in [3.05, 3.63) is 16.3 Å². The molecule has 3 heterocycles. The lowest BCUT2D eigenvalue weighted by molar-refractivity contribution is -0.125. The number of thiophene rings is 1. The van der Waals surface area contributed by atoms with Crippen LogP contribution in [0, 0.1) is 5.92 Å². The molecule has 2 unspecified atom stereocenters. The average Bonchev–Trinajstić information content (AvgIpc) is 2.83.